The summed E-state index contributed by atoms with van der Waals surface area (Å²) in [6.45, 7) is 3.78. The van der Waals surface area contributed by atoms with E-state index in [9.17, 15) is 4.79 Å². The van der Waals surface area contributed by atoms with E-state index in [-0.39, 0.29) is 5.91 Å². The van der Waals surface area contributed by atoms with Crippen LogP contribution < -0.4 is 5.32 Å². The van der Waals surface area contributed by atoms with Crippen LogP contribution in [0.4, 0.5) is 0 Å². The van der Waals surface area contributed by atoms with Crippen LogP contribution in [0, 0.1) is 23.7 Å². The van der Waals surface area contributed by atoms with Crippen molar-refractivity contribution in [2.45, 2.75) is 38.6 Å². The first-order valence-corrected chi connectivity index (χ1v) is 5.07. The third-order valence-corrected chi connectivity index (χ3v) is 1.89. The summed E-state index contributed by atoms with van der Waals surface area (Å²) in [6.07, 6.45) is 5.53. The molecule has 0 saturated carbocycles. The Morgan fingerprint density at radius 1 is 1.33 bits per heavy atom. The van der Waals surface area contributed by atoms with E-state index in [4.69, 9.17) is 0 Å². The molecule has 1 aliphatic heterocycles. The quantitative estimate of drug-likeness (QED) is 0.593. The molecule has 1 amide bonds. The highest BCUT2D eigenvalue weighted by atomic mass is 16.1. The maximum absolute atomic E-state index is 11.5. The van der Waals surface area contributed by atoms with E-state index in [2.05, 4.69) is 29.0 Å². The van der Waals surface area contributed by atoms with Crippen LogP contribution in [0.2, 0.25) is 0 Å². The maximum atomic E-state index is 11.5. The number of carbonyl (C=O) groups is 1. The Balaban J connectivity index is 2.79. The lowest BCUT2D eigenvalue weighted by Crippen LogP contribution is -2.42. The highest BCUT2D eigenvalue weighted by Crippen LogP contribution is 2.02. The standard InChI is InChI=1S/C13H15NO/c1-13(2)11-9-7-5-3-4-6-8-10-12(15)14-13/h5,7H,6,8,10H2,1-2H3,(H,14,15)/b7-5-. The van der Waals surface area contributed by atoms with Gasteiger partial charge < -0.3 is 5.32 Å². The van der Waals surface area contributed by atoms with Crippen molar-refractivity contribution in [1.29, 1.82) is 0 Å². The fourth-order valence-electron chi connectivity index (χ4n) is 1.22. The normalized spacial score (nSPS) is 21.6. The van der Waals surface area contributed by atoms with E-state index >= 15 is 0 Å². The van der Waals surface area contributed by atoms with Gasteiger partial charge in [0.1, 0.15) is 0 Å². The van der Waals surface area contributed by atoms with Gasteiger partial charge >= 0.3 is 0 Å². The number of amides is 1. The first-order chi connectivity index (χ1) is 7.10. The van der Waals surface area contributed by atoms with Crippen molar-refractivity contribution in [1.82, 2.24) is 5.32 Å². The van der Waals surface area contributed by atoms with E-state index in [0.717, 1.165) is 12.8 Å². The van der Waals surface area contributed by atoms with E-state index in [0.29, 0.717) is 6.42 Å². The third-order valence-electron chi connectivity index (χ3n) is 1.89. The van der Waals surface area contributed by atoms with Gasteiger partial charge in [0.05, 0.1) is 5.54 Å². The summed E-state index contributed by atoms with van der Waals surface area (Å²) in [6, 6.07) is 0. The smallest absolute Gasteiger partial charge is 0.221 e. The lowest BCUT2D eigenvalue weighted by atomic mass is 10.1. The zero-order valence-electron chi connectivity index (χ0n) is 9.18. The van der Waals surface area contributed by atoms with Crippen LogP contribution in [-0.4, -0.2) is 11.4 Å². The van der Waals surface area contributed by atoms with E-state index in [1.165, 1.54) is 0 Å². The van der Waals surface area contributed by atoms with Crippen molar-refractivity contribution in [3.05, 3.63) is 12.2 Å². The fourth-order valence-corrected chi connectivity index (χ4v) is 1.22. The Morgan fingerprint density at radius 3 is 2.87 bits per heavy atom. The Morgan fingerprint density at radius 2 is 2.07 bits per heavy atom. The molecule has 0 unspecified atom stereocenters. The van der Waals surface area contributed by atoms with Crippen molar-refractivity contribution in [2.75, 3.05) is 0 Å². The summed E-state index contributed by atoms with van der Waals surface area (Å²) >= 11 is 0. The Kier molecular flexibility index (Phi) is 4.01. The Labute approximate surface area is 91.1 Å². The zero-order chi connectivity index (χ0) is 11.1. The van der Waals surface area contributed by atoms with Crippen molar-refractivity contribution in [3.8, 4) is 23.7 Å². The van der Waals surface area contributed by atoms with Crippen LogP contribution in [0.3, 0.4) is 0 Å². The van der Waals surface area contributed by atoms with E-state index < -0.39 is 5.54 Å². The van der Waals surface area contributed by atoms with Crippen molar-refractivity contribution in [3.63, 3.8) is 0 Å². The fraction of sp³-hybridized carbons (Fsp3) is 0.462. The van der Waals surface area contributed by atoms with Crippen molar-refractivity contribution in [2.24, 2.45) is 0 Å². The average Bonchev–Trinajstić information content (AvgIpc) is 2.12. The van der Waals surface area contributed by atoms with Gasteiger partial charge in [0, 0.05) is 12.8 Å². The lowest BCUT2D eigenvalue weighted by Gasteiger charge is -2.19. The number of rotatable bonds is 0. The first-order valence-electron chi connectivity index (χ1n) is 5.07. The number of nitrogens with one attached hydrogen (secondary N) is 1. The van der Waals surface area contributed by atoms with Crippen molar-refractivity contribution >= 4 is 5.91 Å². The molecule has 0 aromatic heterocycles. The molecule has 1 N–H and O–H groups in total. The Hall–Kier alpha value is -1.67. The summed E-state index contributed by atoms with van der Waals surface area (Å²) in [7, 11) is 0. The monoisotopic (exact) mass is 201 g/mol. The van der Waals surface area contributed by atoms with Crippen molar-refractivity contribution < 1.29 is 4.79 Å². The van der Waals surface area contributed by atoms with Gasteiger partial charge in [0.2, 0.25) is 5.91 Å². The predicted octanol–water partition coefficient (Wildman–Crippen LogP) is 1.63. The molecule has 1 heterocycles. The van der Waals surface area contributed by atoms with Gasteiger partial charge in [-0.15, -0.1) is 0 Å². The second kappa shape index (κ2) is 5.27. The van der Waals surface area contributed by atoms with Gasteiger partial charge in [-0.25, -0.2) is 0 Å². The lowest BCUT2D eigenvalue weighted by molar-refractivity contribution is -0.122. The number of hydrogen-bond donors (Lipinski definition) is 1. The van der Waals surface area contributed by atoms with Crippen LogP contribution in [0.1, 0.15) is 33.1 Å². The SMILES string of the molecule is CC1(C)C#C/C=C\C#CCCCC(=O)N1. The molecule has 0 aromatic rings. The maximum Gasteiger partial charge on any atom is 0.221 e. The summed E-state index contributed by atoms with van der Waals surface area (Å²) in [5.41, 5.74) is -0.464. The summed E-state index contributed by atoms with van der Waals surface area (Å²) < 4.78 is 0. The van der Waals surface area contributed by atoms with Crippen LogP contribution in [0.5, 0.6) is 0 Å². The second-order valence-electron chi connectivity index (χ2n) is 3.95. The molecular formula is C13H15NO. The van der Waals surface area contributed by atoms with Crippen LogP contribution in [-0.2, 0) is 4.79 Å². The largest absolute Gasteiger partial charge is 0.340 e. The molecule has 2 heteroatoms. The van der Waals surface area contributed by atoms with Gasteiger partial charge in [-0.05, 0) is 32.4 Å². The van der Waals surface area contributed by atoms with Gasteiger partial charge in [-0.1, -0.05) is 23.7 Å². The predicted molar refractivity (Wildman–Crippen MR) is 60.8 cm³/mol. The molecular weight excluding hydrogens is 186 g/mol. The van der Waals surface area contributed by atoms with Gasteiger partial charge in [0.15, 0.2) is 0 Å². The van der Waals surface area contributed by atoms with E-state index in [1.807, 2.05) is 13.8 Å². The zero-order valence-corrected chi connectivity index (χ0v) is 9.18. The number of hydrogen-bond acceptors (Lipinski definition) is 1. The first kappa shape index (κ1) is 11.4. The molecule has 2 nitrogen and oxygen atoms in total. The molecule has 0 aliphatic carbocycles. The summed E-state index contributed by atoms with van der Waals surface area (Å²) in [5.74, 6) is 11.7. The molecule has 15 heavy (non-hydrogen) atoms. The highest BCUT2D eigenvalue weighted by molar-refractivity contribution is 5.77. The molecule has 1 rings (SSSR count). The van der Waals surface area contributed by atoms with Gasteiger partial charge in [-0.3, -0.25) is 4.79 Å². The Bertz CT molecular complexity index is 382. The molecule has 0 radical (unpaired) electrons. The number of allylic oxidation sites excluding steroid dienone is 2. The molecule has 0 spiro atoms. The van der Waals surface area contributed by atoms with Crippen LogP contribution >= 0.6 is 0 Å². The summed E-state index contributed by atoms with van der Waals surface area (Å²) in [5, 5.41) is 2.88. The molecule has 0 aromatic carbocycles. The molecule has 78 valence electrons. The molecule has 0 fully saturated rings. The van der Waals surface area contributed by atoms with Gasteiger partial charge in [-0.2, -0.15) is 0 Å². The topological polar surface area (TPSA) is 29.1 Å². The minimum absolute atomic E-state index is 0.0423. The molecule has 1 aliphatic rings. The molecule has 0 bridgehead atoms. The minimum Gasteiger partial charge on any atom is -0.340 e. The molecule has 0 atom stereocenters. The average molecular weight is 201 g/mol. The molecule has 0 saturated heterocycles. The van der Waals surface area contributed by atoms with Crippen LogP contribution in [0.25, 0.3) is 0 Å². The third kappa shape index (κ3) is 4.93. The minimum atomic E-state index is -0.464. The van der Waals surface area contributed by atoms with Crippen LogP contribution in [0.15, 0.2) is 12.2 Å². The number of carbonyl (C=O) groups excluding carboxylic acids is 1. The summed E-state index contributed by atoms with van der Waals surface area (Å²) in [4.78, 5) is 11.5. The van der Waals surface area contributed by atoms with E-state index in [1.54, 1.807) is 12.2 Å². The van der Waals surface area contributed by atoms with Gasteiger partial charge in [0.25, 0.3) is 0 Å². The highest BCUT2D eigenvalue weighted by Gasteiger charge is 2.16. The second-order valence-corrected chi connectivity index (χ2v) is 3.95.